The zero-order chi connectivity index (χ0) is 17.6. The number of aryl methyl sites for hydroxylation is 1. The number of hydrogen-bond acceptors (Lipinski definition) is 3. The number of aliphatic hydroxyl groups is 1. The quantitative estimate of drug-likeness (QED) is 0.737. The van der Waals surface area contributed by atoms with Crippen LogP contribution in [-0.4, -0.2) is 51.8 Å². The van der Waals surface area contributed by atoms with Gasteiger partial charge < -0.3 is 15.4 Å². The van der Waals surface area contributed by atoms with Crippen molar-refractivity contribution in [2.24, 2.45) is 0 Å². The van der Waals surface area contributed by atoms with Gasteiger partial charge in [-0.25, -0.2) is 0 Å². The molecular formula is C20H27N3OS. The van der Waals surface area contributed by atoms with Gasteiger partial charge in [0.2, 0.25) is 0 Å². The summed E-state index contributed by atoms with van der Waals surface area (Å²) >= 11 is 5.23. The Hall–Kier alpha value is -1.43. The van der Waals surface area contributed by atoms with Gasteiger partial charge in [0.25, 0.3) is 0 Å². The van der Waals surface area contributed by atoms with Crippen LogP contribution < -0.4 is 5.32 Å². The monoisotopic (exact) mass is 357 g/mol. The number of likely N-dealkylation sites (tertiary alicyclic amines) is 1. The maximum atomic E-state index is 9.30. The van der Waals surface area contributed by atoms with Crippen LogP contribution in [0.1, 0.15) is 42.5 Å². The number of fused-ring (bicyclic) bond motifs is 2. The second kappa shape index (κ2) is 6.71. The first kappa shape index (κ1) is 17.0. The van der Waals surface area contributed by atoms with E-state index in [1.807, 2.05) is 0 Å². The topological polar surface area (TPSA) is 51.3 Å². The van der Waals surface area contributed by atoms with Crippen LogP contribution in [0.4, 0.5) is 0 Å². The number of aromatic amines is 1. The third-order valence-electron chi connectivity index (χ3n) is 5.93. The number of benzene rings is 1. The average Bonchev–Trinajstić information content (AvgIpc) is 2.93. The molecule has 1 fully saturated rings. The first-order valence-electron chi connectivity index (χ1n) is 9.36. The molecular weight excluding hydrogens is 330 g/mol. The van der Waals surface area contributed by atoms with Crippen LogP contribution in [0.25, 0.3) is 10.9 Å². The summed E-state index contributed by atoms with van der Waals surface area (Å²) in [7, 11) is 0. The summed E-state index contributed by atoms with van der Waals surface area (Å²) in [5.41, 5.74) is 5.58. The fourth-order valence-electron chi connectivity index (χ4n) is 4.99. The van der Waals surface area contributed by atoms with Crippen LogP contribution in [0.2, 0.25) is 0 Å². The lowest BCUT2D eigenvalue weighted by Gasteiger charge is -2.47. The predicted molar refractivity (Wildman–Crippen MR) is 106 cm³/mol. The third-order valence-corrected chi connectivity index (χ3v) is 6.18. The molecule has 0 spiro atoms. The van der Waals surface area contributed by atoms with E-state index in [1.54, 1.807) is 0 Å². The Morgan fingerprint density at radius 3 is 3.04 bits per heavy atom. The van der Waals surface area contributed by atoms with Crippen molar-refractivity contribution >= 4 is 28.1 Å². The lowest BCUT2D eigenvalue weighted by Crippen LogP contribution is -2.56. The number of aliphatic hydroxyl groups excluding tert-OH is 1. The summed E-state index contributed by atoms with van der Waals surface area (Å²) in [6.07, 6.45) is 3.36. The zero-order valence-electron chi connectivity index (χ0n) is 15.0. The number of hydrogen-bond donors (Lipinski definition) is 3. The Morgan fingerprint density at radius 2 is 2.28 bits per heavy atom. The molecule has 0 radical (unpaired) electrons. The van der Waals surface area contributed by atoms with Crippen LogP contribution in [0, 0.1) is 6.92 Å². The fraction of sp³-hybridized carbons (Fsp3) is 0.550. The number of rotatable bonds is 4. The highest BCUT2D eigenvalue weighted by atomic mass is 32.1. The average molecular weight is 358 g/mol. The Kier molecular flexibility index (Phi) is 4.56. The molecule has 0 amide bonds. The maximum Gasteiger partial charge on any atom is 0.101 e. The summed E-state index contributed by atoms with van der Waals surface area (Å²) in [6.45, 7) is 6.51. The van der Waals surface area contributed by atoms with Crippen molar-refractivity contribution in [1.29, 1.82) is 0 Å². The highest BCUT2D eigenvalue weighted by Gasteiger charge is 2.41. The van der Waals surface area contributed by atoms with E-state index in [-0.39, 0.29) is 6.61 Å². The van der Waals surface area contributed by atoms with Gasteiger partial charge >= 0.3 is 0 Å². The number of piperidine rings is 1. The number of nitrogens with zero attached hydrogens (tertiary/aromatic N) is 1. The van der Waals surface area contributed by atoms with Gasteiger partial charge in [0.05, 0.1) is 6.61 Å². The minimum Gasteiger partial charge on any atom is -0.389 e. The van der Waals surface area contributed by atoms with E-state index >= 15 is 0 Å². The number of H-pyrrole nitrogens is 1. The van der Waals surface area contributed by atoms with Crippen molar-refractivity contribution in [3.8, 4) is 0 Å². The lowest BCUT2D eigenvalue weighted by atomic mass is 9.73. The van der Waals surface area contributed by atoms with E-state index in [0.29, 0.717) is 23.0 Å². The van der Waals surface area contributed by atoms with Crippen LogP contribution in [0.5, 0.6) is 0 Å². The molecule has 3 atom stereocenters. The third kappa shape index (κ3) is 2.88. The van der Waals surface area contributed by atoms with Gasteiger partial charge in [0, 0.05) is 41.1 Å². The highest BCUT2D eigenvalue weighted by molar-refractivity contribution is 7.80. The molecule has 5 heteroatoms. The second-order valence-corrected chi connectivity index (χ2v) is 8.02. The standard InChI is InChI=1S/C20H27N3OS/c1-3-7-23-10-13(22-19(25)11-24)8-16-14-5-4-6-17-20(14)15(9-18(16)23)12(2)21-17/h4-6,13,16,18,21,24H,3,7-11H2,1-2H3,(H,22,25)/t13-,16+,18+/m0/s1. The Balaban J connectivity index is 1.74. The lowest BCUT2D eigenvalue weighted by molar-refractivity contribution is 0.104. The van der Waals surface area contributed by atoms with E-state index in [1.165, 1.54) is 27.7 Å². The zero-order valence-corrected chi connectivity index (χ0v) is 15.8. The molecule has 0 saturated carbocycles. The van der Waals surface area contributed by atoms with Crippen molar-refractivity contribution in [3.63, 3.8) is 0 Å². The largest absolute Gasteiger partial charge is 0.389 e. The molecule has 1 aliphatic carbocycles. The molecule has 0 unspecified atom stereocenters. The maximum absolute atomic E-state index is 9.30. The van der Waals surface area contributed by atoms with Crippen LogP contribution in [0.15, 0.2) is 18.2 Å². The molecule has 1 aromatic carbocycles. The van der Waals surface area contributed by atoms with Crippen LogP contribution in [-0.2, 0) is 6.42 Å². The van der Waals surface area contributed by atoms with Crippen LogP contribution >= 0.6 is 12.2 Å². The fourth-order valence-corrected chi connectivity index (χ4v) is 5.15. The molecule has 3 N–H and O–H groups in total. The van der Waals surface area contributed by atoms with E-state index < -0.39 is 0 Å². The van der Waals surface area contributed by atoms with Gasteiger partial charge in [-0.05, 0) is 49.9 Å². The molecule has 25 heavy (non-hydrogen) atoms. The van der Waals surface area contributed by atoms with E-state index in [9.17, 15) is 5.11 Å². The number of nitrogens with one attached hydrogen (secondary N) is 2. The molecule has 1 aliphatic heterocycles. The molecule has 1 aromatic heterocycles. The molecule has 2 aliphatic rings. The van der Waals surface area contributed by atoms with Gasteiger partial charge in [0.15, 0.2) is 0 Å². The second-order valence-electron chi connectivity index (χ2n) is 7.53. The van der Waals surface area contributed by atoms with Gasteiger partial charge in [-0.3, -0.25) is 4.90 Å². The number of aromatic nitrogens is 1. The van der Waals surface area contributed by atoms with Gasteiger partial charge in [-0.15, -0.1) is 0 Å². The number of thiocarbonyl (C=S) groups is 1. The summed E-state index contributed by atoms with van der Waals surface area (Å²) in [4.78, 5) is 6.78. The molecule has 0 bridgehead atoms. The summed E-state index contributed by atoms with van der Waals surface area (Å²) in [6, 6.07) is 7.56. The van der Waals surface area contributed by atoms with Crippen molar-refractivity contribution in [1.82, 2.24) is 15.2 Å². The van der Waals surface area contributed by atoms with Crippen molar-refractivity contribution < 1.29 is 5.11 Å². The molecule has 2 heterocycles. The molecule has 4 nitrogen and oxygen atoms in total. The van der Waals surface area contributed by atoms with E-state index in [2.05, 4.69) is 47.2 Å². The predicted octanol–water partition coefficient (Wildman–Crippen LogP) is 2.88. The molecule has 1 saturated heterocycles. The smallest absolute Gasteiger partial charge is 0.101 e. The molecule has 4 rings (SSSR count). The summed E-state index contributed by atoms with van der Waals surface area (Å²) in [5.74, 6) is 0.519. The first-order chi connectivity index (χ1) is 12.1. The highest BCUT2D eigenvalue weighted by Crippen LogP contribution is 2.44. The molecule has 2 aromatic rings. The normalized spacial score (nSPS) is 25.8. The van der Waals surface area contributed by atoms with E-state index in [4.69, 9.17) is 12.2 Å². The van der Waals surface area contributed by atoms with Crippen molar-refractivity contribution in [3.05, 3.63) is 35.0 Å². The minimum atomic E-state index is -0.0650. The summed E-state index contributed by atoms with van der Waals surface area (Å²) in [5, 5.41) is 14.1. The first-order valence-corrected chi connectivity index (χ1v) is 9.77. The Bertz CT molecular complexity index is 800. The van der Waals surface area contributed by atoms with Crippen LogP contribution in [0.3, 0.4) is 0 Å². The SMILES string of the molecule is CCCN1C[C@@H](NC(=S)CO)C[C@@H]2c3cccc4[nH]c(C)c(c34)C[C@H]21. The van der Waals surface area contributed by atoms with Gasteiger partial charge in [-0.1, -0.05) is 31.3 Å². The van der Waals surface area contributed by atoms with E-state index in [0.717, 1.165) is 32.4 Å². The van der Waals surface area contributed by atoms with Gasteiger partial charge in [0.1, 0.15) is 4.99 Å². The van der Waals surface area contributed by atoms with Crippen molar-refractivity contribution in [2.45, 2.75) is 51.1 Å². The summed E-state index contributed by atoms with van der Waals surface area (Å²) < 4.78 is 0. The van der Waals surface area contributed by atoms with Crippen molar-refractivity contribution in [2.75, 3.05) is 19.7 Å². The van der Waals surface area contributed by atoms with Gasteiger partial charge in [-0.2, -0.15) is 0 Å². The minimum absolute atomic E-state index is 0.0650. The molecule has 134 valence electrons. The Morgan fingerprint density at radius 1 is 1.44 bits per heavy atom. The Labute approximate surface area is 154 Å².